The first-order valence-electron chi connectivity index (χ1n) is 7.54. The van der Waals surface area contributed by atoms with Crippen molar-refractivity contribution in [1.82, 2.24) is 0 Å². The van der Waals surface area contributed by atoms with Crippen molar-refractivity contribution in [2.45, 2.75) is 70.9 Å². The van der Waals surface area contributed by atoms with Crippen molar-refractivity contribution in [3.05, 3.63) is 0 Å². The molecule has 1 heterocycles. The third kappa shape index (κ3) is 3.69. The molecular weight excluding hydrogens is 210 g/mol. The van der Waals surface area contributed by atoms with Gasteiger partial charge in [0.05, 0.1) is 12.7 Å². The second-order valence-corrected chi connectivity index (χ2v) is 6.52. The van der Waals surface area contributed by atoms with Crippen LogP contribution in [-0.4, -0.2) is 18.8 Å². The lowest BCUT2D eigenvalue weighted by atomic mass is 9.82. The van der Waals surface area contributed by atoms with Gasteiger partial charge >= 0.3 is 0 Å². The molecule has 2 nitrogen and oxygen atoms in total. The summed E-state index contributed by atoms with van der Waals surface area (Å²) < 4.78 is 5.91. The second-order valence-electron chi connectivity index (χ2n) is 6.52. The molecule has 1 aliphatic carbocycles. The molecule has 0 aromatic heterocycles. The fourth-order valence-electron chi connectivity index (χ4n) is 3.40. The first kappa shape index (κ1) is 13.4. The highest BCUT2D eigenvalue weighted by Gasteiger charge is 2.32. The van der Waals surface area contributed by atoms with Crippen LogP contribution in [0.1, 0.15) is 58.8 Å². The Morgan fingerprint density at radius 1 is 1.18 bits per heavy atom. The van der Waals surface area contributed by atoms with Gasteiger partial charge in [0, 0.05) is 6.04 Å². The largest absolute Gasteiger partial charge is 0.376 e. The maximum absolute atomic E-state index is 6.35. The smallest absolute Gasteiger partial charge is 0.0729 e. The fourth-order valence-corrected chi connectivity index (χ4v) is 3.40. The monoisotopic (exact) mass is 239 g/mol. The van der Waals surface area contributed by atoms with Gasteiger partial charge in [0.2, 0.25) is 0 Å². The third-order valence-electron chi connectivity index (χ3n) is 4.81. The summed E-state index contributed by atoms with van der Waals surface area (Å²) in [6.45, 7) is 5.52. The molecule has 0 amide bonds. The number of hydrogen-bond donors (Lipinski definition) is 1. The summed E-state index contributed by atoms with van der Waals surface area (Å²) in [6.07, 6.45) is 9.77. The van der Waals surface area contributed by atoms with E-state index in [0.717, 1.165) is 24.4 Å². The minimum absolute atomic E-state index is 0.279. The van der Waals surface area contributed by atoms with E-state index in [9.17, 15) is 0 Å². The van der Waals surface area contributed by atoms with Gasteiger partial charge in [0.25, 0.3) is 0 Å². The highest BCUT2D eigenvalue weighted by molar-refractivity contribution is 4.85. The molecule has 0 radical (unpaired) electrons. The summed E-state index contributed by atoms with van der Waals surface area (Å²) in [5.74, 6) is 2.35. The highest BCUT2D eigenvalue weighted by atomic mass is 16.5. The van der Waals surface area contributed by atoms with Gasteiger partial charge < -0.3 is 10.5 Å². The molecular formula is C15H29NO. The van der Waals surface area contributed by atoms with Crippen LogP contribution in [0.2, 0.25) is 0 Å². The minimum atomic E-state index is 0.279. The van der Waals surface area contributed by atoms with E-state index in [1.807, 2.05) is 0 Å². The molecule has 0 unspecified atom stereocenters. The third-order valence-corrected chi connectivity index (χ3v) is 4.81. The first-order valence-corrected chi connectivity index (χ1v) is 7.54. The number of hydrogen-bond acceptors (Lipinski definition) is 2. The highest BCUT2D eigenvalue weighted by Crippen LogP contribution is 2.32. The van der Waals surface area contributed by atoms with Crippen LogP contribution in [0.4, 0.5) is 0 Å². The van der Waals surface area contributed by atoms with Gasteiger partial charge in [-0.3, -0.25) is 0 Å². The van der Waals surface area contributed by atoms with Gasteiger partial charge in [-0.25, -0.2) is 0 Å². The van der Waals surface area contributed by atoms with Crippen LogP contribution in [0.5, 0.6) is 0 Å². The molecule has 1 aliphatic heterocycles. The number of rotatable bonds is 4. The van der Waals surface area contributed by atoms with E-state index >= 15 is 0 Å². The Kier molecular flexibility index (Phi) is 4.87. The average Bonchev–Trinajstić information content (AvgIpc) is 2.79. The number of nitrogens with two attached hydrogens (primary N) is 1. The molecule has 3 atom stereocenters. The summed E-state index contributed by atoms with van der Waals surface area (Å²) in [4.78, 5) is 0. The Bertz CT molecular complexity index is 223. The predicted molar refractivity (Wildman–Crippen MR) is 71.9 cm³/mol. The molecule has 17 heavy (non-hydrogen) atoms. The summed E-state index contributed by atoms with van der Waals surface area (Å²) in [5, 5.41) is 0. The normalized spacial score (nSPS) is 33.2. The Morgan fingerprint density at radius 2 is 1.88 bits per heavy atom. The molecule has 0 aromatic carbocycles. The van der Waals surface area contributed by atoms with Crippen LogP contribution in [-0.2, 0) is 4.74 Å². The summed E-state index contributed by atoms with van der Waals surface area (Å²) in [7, 11) is 0. The van der Waals surface area contributed by atoms with Crippen molar-refractivity contribution < 1.29 is 4.74 Å². The van der Waals surface area contributed by atoms with Crippen molar-refractivity contribution in [2.24, 2.45) is 23.5 Å². The van der Waals surface area contributed by atoms with Gasteiger partial charge in [-0.05, 0) is 30.6 Å². The predicted octanol–water partition coefficient (Wildman–Crippen LogP) is 3.35. The van der Waals surface area contributed by atoms with Crippen LogP contribution >= 0.6 is 0 Å². The van der Waals surface area contributed by atoms with E-state index in [-0.39, 0.29) is 6.04 Å². The van der Waals surface area contributed by atoms with Gasteiger partial charge in [-0.1, -0.05) is 46.0 Å². The van der Waals surface area contributed by atoms with Gasteiger partial charge in [0.15, 0.2) is 0 Å². The lowest BCUT2D eigenvalue weighted by molar-refractivity contribution is 0.0756. The molecule has 0 spiro atoms. The summed E-state index contributed by atoms with van der Waals surface area (Å²) >= 11 is 0. The lowest BCUT2D eigenvalue weighted by Gasteiger charge is -2.27. The quantitative estimate of drug-likeness (QED) is 0.816. The van der Waals surface area contributed by atoms with Crippen LogP contribution in [0.25, 0.3) is 0 Å². The fraction of sp³-hybridized carbons (Fsp3) is 1.00. The van der Waals surface area contributed by atoms with E-state index in [2.05, 4.69) is 13.8 Å². The molecule has 2 aliphatic rings. The standard InChI is InChI=1S/C15H29NO/c1-11(2)13-9-15(17-10-13)14(16)8-12-6-4-3-5-7-12/h11-15H,3-10,16H2,1-2H3/t13-,14+,15+/m1/s1. The average molecular weight is 239 g/mol. The minimum Gasteiger partial charge on any atom is -0.376 e. The lowest BCUT2D eigenvalue weighted by Crippen LogP contribution is -2.36. The maximum Gasteiger partial charge on any atom is 0.0729 e. The van der Waals surface area contributed by atoms with Crippen molar-refractivity contribution in [3.63, 3.8) is 0 Å². The Labute approximate surface area is 106 Å². The van der Waals surface area contributed by atoms with Gasteiger partial charge in [0.1, 0.15) is 0 Å². The summed E-state index contributed by atoms with van der Waals surface area (Å²) in [6, 6.07) is 0.279. The Balaban J connectivity index is 1.74. The van der Waals surface area contributed by atoms with Crippen LogP contribution in [0.15, 0.2) is 0 Å². The van der Waals surface area contributed by atoms with E-state index in [1.165, 1.54) is 44.9 Å². The van der Waals surface area contributed by atoms with E-state index in [0.29, 0.717) is 6.10 Å². The number of ether oxygens (including phenoxy) is 1. The zero-order valence-electron chi connectivity index (χ0n) is 11.5. The second kappa shape index (κ2) is 6.19. The zero-order valence-corrected chi connectivity index (χ0v) is 11.5. The molecule has 2 heteroatoms. The van der Waals surface area contributed by atoms with E-state index < -0.39 is 0 Å². The van der Waals surface area contributed by atoms with Crippen LogP contribution in [0, 0.1) is 17.8 Å². The molecule has 0 aromatic rings. The molecule has 2 rings (SSSR count). The van der Waals surface area contributed by atoms with Gasteiger partial charge in [-0.2, -0.15) is 0 Å². The SMILES string of the molecule is CC(C)[C@H]1CO[C@H]([C@@H](N)CC2CCCCC2)C1. The molecule has 100 valence electrons. The molecule has 0 bridgehead atoms. The van der Waals surface area contributed by atoms with Crippen molar-refractivity contribution >= 4 is 0 Å². The molecule has 2 fully saturated rings. The Morgan fingerprint density at radius 3 is 2.47 bits per heavy atom. The summed E-state index contributed by atoms with van der Waals surface area (Å²) in [5.41, 5.74) is 6.35. The van der Waals surface area contributed by atoms with E-state index in [1.54, 1.807) is 0 Å². The van der Waals surface area contributed by atoms with Crippen molar-refractivity contribution in [3.8, 4) is 0 Å². The molecule has 1 saturated carbocycles. The Hall–Kier alpha value is -0.0800. The van der Waals surface area contributed by atoms with Crippen LogP contribution in [0.3, 0.4) is 0 Å². The van der Waals surface area contributed by atoms with Crippen LogP contribution < -0.4 is 5.73 Å². The first-order chi connectivity index (χ1) is 8.16. The molecule has 1 saturated heterocycles. The molecule has 2 N–H and O–H groups in total. The van der Waals surface area contributed by atoms with E-state index in [4.69, 9.17) is 10.5 Å². The van der Waals surface area contributed by atoms with Crippen molar-refractivity contribution in [2.75, 3.05) is 6.61 Å². The topological polar surface area (TPSA) is 35.2 Å². The van der Waals surface area contributed by atoms with Gasteiger partial charge in [-0.15, -0.1) is 0 Å². The van der Waals surface area contributed by atoms with Crippen molar-refractivity contribution in [1.29, 1.82) is 0 Å². The zero-order chi connectivity index (χ0) is 12.3. The maximum atomic E-state index is 6.35.